The van der Waals surface area contributed by atoms with Gasteiger partial charge in [-0.2, -0.15) is 0 Å². The Hall–Kier alpha value is -1.57. The summed E-state index contributed by atoms with van der Waals surface area (Å²) in [6, 6.07) is 4.65. The van der Waals surface area contributed by atoms with Crippen LogP contribution in [0.1, 0.15) is 57.8 Å². The molecule has 3 N–H and O–H groups in total. The monoisotopic (exact) mass is 352 g/mol. The average Bonchev–Trinajstić information content (AvgIpc) is 2.51. The van der Waals surface area contributed by atoms with Gasteiger partial charge < -0.3 is 24.7 Å². The molecule has 0 spiro atoms. The molecule has 1 rings (SSSR count). The van der Waals surface area contributed by atoms with Crippen molar-refractivity contribution < 1.29 is 29.5 Å². The lowest BCUT2D eigenvalue weighted by Gasteiger charge is -2.37. The molecule has 0 aliphatic heterocycles. The molecule has 0 saturated heterocycles. The quantitative estimate of drug-likeness (QED) is 0.552. The van der Waals surface area contributed by atoms with Gasteiger partial charge in [-0.15, -0.1) is 0 Å². The molecule has 0 aromatic heterocycles. The number of carbonyl (C=O) groups is 1. The van der Waals surface area contributed by atoms with Gasteiger partial charge in [0, 0.05) is 0 Å². The Kier molecular flexibility index (Phi) is 7.47. The largest absolute Gasteiger partial charge is 0.488 e. The maximum atomic E-state index is 11.4. The number of carboxylic acid groups (broad SMARTS) is 1. The van der Waals surface area contributed by atoms with Gasteiger partial charge in [0.2, 0.25) is 0 Å². The number of aliphatic hydroxyl groups is 2. The van der Waals surface area contributed by atoms with Crippen molar-refractivity contribution in [2.75, 3.05) is 6.61 Å². The van der Waals surface area contributed by atoms with Gasteiger partial charge in [0.1, 0.15) is 11.9 Å². The number of aromatic carboxylic acids is 1. The van der Waals surface area contributed by atoms with E-state index in [4.69, 9.17) is 9.39 Å². The lowest BCUT2D eigenvalue weighted by Crippen LogP contribution is -2.49. The molecule has 0 aliphatic carbocycles. The van der Waals surface area contributed by atoms with Crippen LogP contribution in [0.25, 0.3) is 0 Å². The molecule has 0 fully saturated rings. The second kappa shape index (κ2) is 8.69. The number of benzene rings is 1. The van der Waals surface area contributed by atoms with Crippen LogP contribution in [0.2, 0.25) is 0 Å². The van der Waals surface area contributed by atoms with Crippen LogP contribution >= 0.6 is 0 Å². The van der Waals surface area contributed by atoms with E-state index in [0.29, 0.717) is 17.6 Å². The number of carboxylic acids is 1. The van der Waals surface area contributed by atoms with Gasteiger partial charge in [0.05, 0.1) is 23.4 Å². The highest BCUT2D eigenvalue weighted by Gasteiger charge is 2.35. The average molecular weight is 352 g/mol. The summed E-state index contributed by atoms with van der Waals surface area (Å²) >= 11 is 0. The molecule has 25 heavy (non-hydrogen) atoms. The third kappa shape index (κ3) is 6.34. The Bertz CT molecular complexity index is 579. The van der Waals surface area contributed by atoms with Crippen molar-refractivity contribution in [3.05, 3.63) is 23.8 Å². The Labute approximate surface area is 150 Å². The lowest BCUT2D eigenvalue weighted by molar-refractivity contribution is -0.0893. The second-order valence-electron chi connectivity index (χ2n) is 7.24. The van der Waals surface area contributed by atoms with E-state index in [1.54, 1.807) is 33.8 Å². The summed E-state index contributed by atoms with van der Waals surface area (Å²) in [6.07, 6.45) is 1.14. The van der Waals surface area contributed by atoms with Crippen molar-refractivity contribution in [3.63, 3.8) is 0 Å². The highest BCUT2D eigenvalue weighted by molar-refractivity contribution is 6.47. The summed E-state index contributed by atoms with van der Waals surface area (Å²) in [7, 11) is 0.131. The van der Waals surface area contributed by atoms with Gasteiger partial charge in [-0.25, -0.2) is 4.79 Å². The van der Waals surface area contributed by atoms with Gasteiger partial charge in [-0.05, 0) is 51.7 Å². The van der Waals surface area contributed by atoms with Crippen LogP contribution in [0.3, 0.4) is 0 Å². The first-order valence-electron chi connectivity index (χ1n) is 8.51. The third-order valence-electron chi connectivity index (χ3n) is 4.40. The number of rotatable bonds is 10. The van der Waals surface area contributed by atoms with E-state index in [1.807, 2.05) is 6.92 Å². The SMILES string of the molecule is CCC[C@H](CO)Oc1cc(BOC(C)(C)C(C)(C)O)cc(C(=O)O)c1. The zero-order valence-corrected chi connectivity index (χ0v) is 15.7. The van der Waals surface area contributed by atoms with Crippen molar-refractivity contribution in [2.45, 2.75) is 64.8 Å². The number of ether oxygens (including phenoxy) is 1. The molecule has 0 aliphatic rings. The second-order valence-corrected chi connectivity index (χ2v) is 7.24. The van der Waals surface area contributed by atoms with Crippen LogP contribution < -0.4 is 10.2 Å². The van der Waals surface area contributed by atoms with E-state index in [-0.39, 0.29) is 25.8 Å². The molecule has 0 heterocycles. The molecule has 0 bridgehead atoms. The fourth-order valence-electron chi connectivity index (χ4n) is 2.08. The van der Waals surface area contributed by atoms with Crippen molar-refractivity contribution in [1.82, 2.24) is 0 Å². The van der Waals surface area contributed by atoms with Gasteiger partial charge in [-0.1, -0.05) is 19.4 Å². The number of aliphatic hydroxyl groups excluding tert-OH is 1. The fraction of sp³-hybridized carbons (Fsp3) is 0.611. The molecular weight excluding hydrogens is 323 g/mol. The Morgan fingerprint density at radius 3 is 2.36 bits per heavy atom. The maximum absolute atomic E-state index is 11.4. The van der Waals surface area contributed by atoms with Crippen LogP contribution in [0.15, 0.2) is 18.2 Å². The summed E-state index contributed by atoms with van der Waals surface area (Å²) in [5.74, 6) is -0.684. The molecule has 0 saturated carbocycles. The van der Waals surface area contributed by atoms with Crippen LogP contribution in [-0.4, -0.2) is 52.7 Å². The minimum Gasteiger partial charge on any atom is -0.488 e. The first-order chi connectivity index (χ1) is 11.5. The first kappa shape index (κ1) is 21.5. The minimum absolute atomic E-state index is 0.0883. The van der Waals surface area contributed by atoms with Gasteiger partial charge in [-0.3, -0.25) is 0 Å². The predicted octanol–water partition coefficient (Wildman–Crippen LogP) is 1.47. The van der Waals surface area contributed by atoms with E-state index in [0.717, 1.165) is 6.42 Å². The van der Waals surface area contributed by atoms with Crippen molar-refractivity contribution >= 4 is 18.9 Å². The van der Waals surface area contributed by atoms with Gasteiger partial charge in [0.25, 0.3) is 0 Å². The fourth-order valence-corrected chi connectivity index (χ4v) is 2.08. The van der Waals surface area contributed by atoms with Crippen molar-refractivity contribution in [1.29, 1.82) is 0 Å². The van der Waals surface area contributed by atoms with Crippen molar-refractivity contribution in [2.24, 2.45) is 0 Å². The Morgan fingerprint density at radius 1 is 1.24 bits per heavy atom. The zero-order valence-electron chi connectivity index (χ0n) is 15.7. The predicted molar refractivity (Wildman–Crippen MR) is 98.1 cm³/mol. The molecule has 1 aromatic carbocycles. The normalized spacial score (nSPS) is 13.4. The number of hydrogen-bond donors (Lipinski definition) is 3. The maximum Gasteiger partial charge on any atom is 0.335 e. The molecule has 1 aromatic rings. The summed E-state index contributed by atoms with van der Waals surface area (Å²) in [4.78, 5) is 11.4. The van der Waals surface area contributed by atoms with Crippen LogP contribution in [0.4, 0.5) is 0 Å². The molecule has 0 radical (unpaired) electrons. The molecule has 140 valence electrons. The highest BCUT2D eigenvalue weighted by Crippen LogP contribution is 2.24. The van der Waals surface area contributed by atoms with Crippen LogP contribution in [0, 0.1) is 0 Å². The summed E-state index contributed by atoms with van der Waals surface area (Å²) < 4.78 is 11.5. The third-order valence-corrected chi connectivity index (χ3v) is 4.40. The standard InChI is InChI=1S/C18H29BO6/c1-6-7-14(11-20)24-15-9-12(16(21)22)8-13(10-15)19-25-18(4,5)17(2,3)23/h8-10,14,19-20,23H,6-7,11H2,1-5H3,(H,21,22)/t14-/m1/s1. The molecule has 6 nitrogen and oxygen atoms in total. The van der Waals surface area contributed by atoms with E-state index in [1.165, 1.54) is 12.1 Å². The molecule has 0 amide bonds. The summed E-state index contributed by atoms with van der Waals surface area (Å²) in [6.45, 7) is 8.71. The first-order valence-corrected chi connectivity index (χ1v) is 8.51. The van der Waals surface area contributed by atoms with Gasteiger partial charge >= 0.3 is 13.5 Å². The van der Waals surface area contributed by atoms with Gasteiger partial charge in [0.15, 0.2) is 0 Å². The van der Waals surface area contributed by atoms with E-state index >= 15 is 0 Å². The summed E-state index contributed by atoms with van der Waals surface area (Å²) in [5.41, 5.74) is -1.16. The van der Waals surface area contributed by atoms with Crippen molar-refractivity contribution in [3.8, 4) is 5.75 Å². The van der Waals surface area contributed by atoms with E-state index in [2.05, 4.69) is 0 Å². The topological polar surface area (TPSA) is 96.2 Å². The Morgan fingerprint density at radius 2 is 1.88 bits per heavy atom. The highest BCUT2D eigenvalue weighted by atomic mass is 16.5. The molecule has 0 unspecified atom stereocenters. The van der Waals surface area contributed by atoms with Crippen LogP contribution in [-0.2, 0) is 4.65 Å². The summed E-state index contributed by atoms with van der Waals surface area (Å²) in [5, 5.41) is 28.8. The van der Waals surface area contributed by atoms with Crippen LogP contribution in [0.5, 0.6) is 5.75 Å². The smallest absolute Gasteiger partial charge is 0.335 e. The lowest BCUT2D eigenvalue weighted by atomic mass is 9.82. The zero-order chi connectivity index (χ0) is 19.3. The number of hydrogen-bond acceptors (Lipinski definition) is 5. The van der Waals surface area contributed by atoms with E-state index in [9.17, 15) is 20.1 Å². The van der Waals surface area contributed by atoms with E-state index < -0.39 is 17.2 Å². The minimum atomic E-state index is -1.07. The molecule has 1 atom stereocenters. The Balaban J connectivity index is 3.01. The molecular formula is C18H29BO6. The molecule has 7 heteroatoms.